The summed E-state index contributed by atoms with van der Waals surface area (Å²) in [5, 5.41) is 3.09. The predicted molar refractivity (Wildman–Crippen MR) is 71.4 cm³/mol. The largest absolute Gasteiger partial charge is 0.352 e. The van der Waals surface area contributed by atoms with Gasteiger partial charge < -0.3 is 5.32 Å². The molecule has 0 heterocycles. The lowest BCUT2D eigenvalue weighted by Gasteiger charge is -2.30. The number of rotatable bonds is 5. The van der Waals surface area contributed by atoms with Crippen LogP contribution >= 0.6 is 0 Å². The fourth-order valence-corrected chi connectivity index (χ4v) is 2.96. The van der Waals surface area contributed by atoms with E-state index in [0.717, 1.165) is 19.3 Å². The molecule has 1 amide bonds. The van der Waals surface area contributed by atoms with Gasteiger partial charge in [0, 0.05) is 17.9 Å². The first-order chi connectivity index (χ1) is 8.00. The van der Waals surface area contributed by atoms with E-state index in [4.69, 9.17) is 6.42 Å². The van der Waals surface area contributed by atoms with Crippen LogP contribution in [0.2, 0.25) is 0 Å². The molecule has 0 bridgehead atoms. The Morgan fingerprint density at radius 3 is 2.41 bits per heavy atom. The Labute approximate surface area is 106 Å². The molecule has 0 aliphatic heterocycles. The minimum Gasteiger partial charge on any atom is -0.352 e. The quantitative estimate of drug-likeness (QED) is 0.729. The summed E-state index contributed by atoms with van der Waals surface area (Å²) in [6.45, 7) is 6.37. The molecular formula is C15H25NO. The molecule has 1 aliphatic carbocycles. The molecule has 17 heavy (non-hydrogen) atoms. The Morgan fingerprint density at radius 1 is 1.35 bits per heavy atom. The molecule has 1 saturated carbocycles. The topological polar surface area (TPSA) is 29.1 Å². The van der Waals surface area contributed by atoms with E-state index in [-0.39, 0.29) is 17.4 Å². The van der Waals surface area contributed by atoms with Crippen molar-refractivity contribution in [2.75, 3.05) is 0 Å². The van der Waals surface area contributed by atoms with Crippen LogP contribution < -0.4 is 5.32 Å². The molecule has 0 spiro atoms. The van der Waals surface area contributed by atoms with Crippen molar-refractivity contribution in [1.29, 1.82) is 0 Å². The Balaban J connectivity index is 2.64. The maximum Gasteiger partial charge on any atom is 0.226 e. The molecule has 0 saturated heterocycles. The van der Waals surface area contributed by atoms with Gasteiger partial charge in [0.05, 0.1) is 0 Å². The van der Waals surface area contributed by atoms with Crippen molar-refractivity contribution in [1.82, 2.24) is 5.32 Å². The van der Waals surface area contributed by atoms with E-state index >= 15 is 0 Å². The average Bonchev–Trinajstić information content (AvgIpc) is 2.66. The van der Waals surface area contributed by atoms with E-state index in [1.807, 2.05) is 6.92 Å². The summed E-state index contributed by atoms with van der Waals surface area (Å²) in [6, 6.07) is 0.0946. The molecular weight excluding hydrogens is 210 g/mol. The van der Waals surface area contributed by atoms with Crippen LogP contribution in [0.5, 0.6) is 0 Å². The molecule has 1 rings (SSSR count). The molecule has 2 nitrogen and oxygen atoms in total. The van der Waals surface area contributed by atoms with Crippen LogP contribution in [0.25, 0.3) is 0 Å². The molecule has 0 aromatic rings. The fourth-order valence-electron chi connectivity index (χ4n) is 2.96. The fraction of sp³-hybridized carbons (Fsp3) is 0.800. The first kappa shape index (κ1) is 14.1. The lowest BCUT2D eigenvalue weighted by Crippen LogP contribution is -2.44. The van der Waals surface area contributed by atoms with Gasteiger partial charge in [0.15, 0.2) is 0 Å². The SMILES string of the molecule is C#CCC(C)NC(=O)C1(CC(C)C)CCCC1. The van der Waals surface area contributed by atoms with Gasteiger partial charge in [0.1, 0.15) is 0 Å². The third-order valence-corrected chi connectivity index (χ3v) is 3.64. The van der Waals surface area contributed by atoms with Crippen LogP contribution in [0.3, 0.4) is 0 Å². The summed E-state index contributed by atoms with van der Waals surface area (Å²) >= 11 is 0. The van der Waals surface area contributed by atoms with Crippen molar-refractivity contribution >= 4 is 5.91 Å². The zero-order valence-corrected chi connectivity index (χ0v) is 11.4. The second-order valence-electron chi connectivity index (χ2n) is 5.87. The van der Waals surface area contributed by atoms with Gasteiger partial charge in [0.25, 0.3) is 0 Å². The Bertz CT molecular complexity index is 295. The van der Waals surface area contributed by atoms with Crippen LogP contribution in [0.15, 0.2) is 0 Å². The summed E-state index contributed by atoms with van der Waals surface area (Å²) in [4.78, 5) is 12.4. The summed E-state index contributed by atoms with van der Waals surface area (Å²) in [7, 11) is 0. The molecule has 0 radical (unpaired) electrons. The number of terminal acetylenes is 1. The number of amides is 1. The molecule has 1 N–H and O–H groups in total. The first-order valence-corrected chi connectivity index (χ1v) is 6.74. The monoisotopic (exact) mass is 235 g/mol. The van der Waals surface area contributed by atoms with Gasteiger partial charge in [-0.25, -0.2) is 0 Å². The molecule has 1 unspecified atom stereocenters. The van der Waals surface area contributed by atoms with Crippen LogP contribution in [-0.4, -0.2) is 11.9 Å². The van der Waals surface area contributed by atoms with E-state index < -0.39 is 0 Å². The summed E-state index contributed by atoms with van der Waals surface area (Å²) in [5.41, 5.74) is -0.114. The number of hydrogen-bond donors (Lipinski definition) is 1. The molecule has 1 atom stereocenters. The molecule has 1 aliphatic rings. The predicted octanol–water partition coefficient (Wildman–Crippen LogP) is 3.12. The van der Waals surface area contributed by atoms with E-state index in [0.29, 0.717) is 12.3 Å². The third kappa shape index (κ3) is 3.77. The van der Waals surface area contributed by atoms with E-state index in [9.17, 15) is 4.79 Å². The normalized spacial score (nSPS) is 19.9. The summed E-state index contributed by atoms with van der Waals surface area (Å²) in [6.07, 6.45) is 11.3. The minimum absolute atomic E-state index is 0.0946. The van der Waals surface area contributed by atoms with Crippen LogP contribution in [-0.2, 0) is 4.79 Å². The maximum atomic E-state index is 12.4. The van der Waals surface area contributed by atoms with E-state index in [2.05, 4.69) is 25.1 Å². The van der Waals surface area contributed by atoms with Gasteiger partial charge in [-0.3, -0.25) is 4.79 Å². The second-order valence-corrected chi connectivity index (χ2v) is 5.87. The van der Waals surface area contributed by atoms with Crippen molar-refractivity contribution in [2.24, 2.45) is 11.3 Å². The summed E-state index contributed by atoms with van der Waals surface area (Å²) in [5.74, 6) is 3.40. The van der Waals surface area contributed by atoms with Crippen molar-refractivity contribution in [3.8, 4) is 12.3 Å². The van der Waals surface area contributed by atoms with Crippen LogP contribution in [0.4, 0.5) is 0 Å². The number of nitrogens with one attached hydrogen (secondary N) is 1. The average molecular weight is 235 g/mol. The molecule has 0 aromatic carbocycles. The molecule has 1 fully saturated rings. The highest BCUT2D eigenvalue weighted by Crippen LogP contribution is 2.43. The first-order valence-electron chi connectivity index (χ1n) is 6.74. The van der Waals surface area contributed by atoms with Gasteiger partial charge in [-0.1, -0.05) is 26.7 Å². The summed E-state index contributed by atoms with van der Waals surface area (Å²) < 4.78 is 0. The van der Waals surface area contributed by atoms with E-state index in [1.54, 1.807) is 0 Å². The standard InChI is InChI=1S/C15H25NO/c1-5-8-13(4)16-14(17)15(11-12(2)3)9-6-7-10-15/h1,12-13H,6-11H2,2-4H3,(H,16,17). The highest BCUT2D eigenvalue weighted by molar-refractivity contribution is 5.83. The van der Waals surface area contributed by atoms with Gasteiger partial charge in [-0.2, -0.15) is 0 Å². The van der Waals surface area contributed by atoms with Crippen LogP contribution in [0.1, 0.15) is 59.3 Å². The van der Waals surface area contributed by atoms with Crippen molar-refractivity contribution in [3.05, 3.63) is 0 Å². The van der Waals surface area contributed by atoms with Crippen LogP contribution in [0, 0.1) is 23.7 Å². The van der Waals surface area contributed by atoms with Gasteiger partial charge in [-0.15, -0.1) is 12.3 Å². The molecule has 0 aromatic heterocycles. The van der Waals surface area contributed by atoms with Crippen molar-refractivity contribution in [3.63, 3.8) is 0 Å². The lowest BCUT2D eigenvalue weighted by molar-refractivity contribution is -0.132. The van der Waals surface area contributed by atoms with Crippen molar-refractivity contribution < 1.29 is 4.79 Å². The van der Waals surface area contributed by atoms with E-state index in [1.165, 1.54) is 12.8 Å². The zero-order valence-electron chi connectivity index (χ0n) is 11.4. The number of carbonyl (C=O) groups is 1. The second kappa shape index (κ2) is 6.10. The van der Waals surface area contributed by atoms with Gasteiger partial charge in [0.2, 0.25) is 5.91 Å². The van der Waals surface area contributed by atoms with Gasteiger partial charge in [-0.05, 0) is 32.1 Å². The maximum absolute atomic E-state index is 12.4. The van der Waals surface area contributed by atoms with Crippen molar-refractivity contribution in [2.45, 2.75) is 65.3 Å². The Hall–Kier alpha value is -0.970. The molecule has 96 valence electrons. The lowest BCUT2D eigenvalue weighted by atomic mass is 9.77. The molecule has 2 heteroatoms. The van der Waals surface area contributed by atoms with Gasteiger partial charge >= 0.3 is 0 Å². The smallest absolute Gasteiger partial charge is 0.226 e. The Morgan fingerprint density at radius 2 is 1.94 bits per heavy atom. The Kier molecular flexibility index (Phi) is 5.05. The third-order valence-electron chi connectivity index (χ3n) is 3.64. The zero-order chi connectivity index (χ0) is 12.9. The highest BCUT2D eigenvalue weighted by atomic mass is 16.2. The minimum atomic E-state index is -0.114. The number of carbonyl (C=O) groups excluding carboxylic acids is 1. The number of hydrogen-bond acceptors (Lipinski definition) is 1. The highest BCUT2D eigenvalue weighted by Gasteiger charge is 2.41.